The molecule has 176 valence electrons. The monoisotopic (exact) mass is 535 g/mol. The van der Waals surface area contributed by atoms with E-state index in [4.69, 9.17) is 39.2 Å². The molecule has 2 aromatic heterocycles. The standard InChI is InChI=1S/C24H19Cl3N2O4S/c1-24(2,3)22(30)21-20(29-34(31)32)17-11-16(12-4-6-13(25)7-5-12)19(28-23(17)33-21)15-9-8-14(26)10-18(15)27/h4-11,29H,1-3H3,(H,31,32)/p-1. The van der Waals surface area contributed by atoms with Crippen molar-refractivity contribution in [2.45, 2.75) is 20.8 Å². The summed E-state index contributed by atoms with van der Waals surface area (Å²) in [6.07, 6.45) is 0. The first kappa shape index (κ1) is 24.7. The Bertz CT molecular complexity index is 1440. The van der Waals surface area contributed by atoms with E-state index in [2.05, 4.69) is 9.71 Å². The molecule has 1 unspecified atom stereocenters. The Labute approximate surface area is 213 Å². The molecular formula is C24H18Cl3N2O4S-. The molecule has 0 radical (unpaired) electrons. The highest BCUT2D eigenvalue weighted by atomic mass is 35.5. The maximum absolute atomic E-state index is 13.1. The van der Waals surface area contributed by atoms with Gasteiger partial charge in [-0.3, -0.25) is 9.00 Å². The van der Waals surface area contributed by atoms with Gasteiger partial charge < -0.3 is 13.7 Å². The molecule has 1 atom stereocenters. The van der Waals surface area contributed by atoms with Crippen LogP contribution < -0.4 is 4.72 Å². The van der Waals surface area contributed by atoms with E-state index in [1.54, 1.807) is 69.3 Å². The molecule has 0 aliphatic rings. The molecule has 0 bridgehead atoms. The number of anilines is 1. The number of aromatic nitrogens is 1. The van der Waals surface area contributed by atoms with Gasteiger partial charge in [-0.05, 0) is 42.0 Å². The van der Waals surface area contributed by atoms with Crippen LogP contribution in [0.5, 0.6) is 0 Å². The highest BCUT2D eigenvalue weighted by Gasteiger charge is 2.31. The number of carbonyl (C=O) groups excluding carboxylic acids is 1. The zero-order valence-corrected chi connectivity index (χ0v) is 21.3. The zero-order valence-electron chi connectivity index (χ0n) is 18.2. The molecule has 0 saturated carbocycles. The molecule has 0 saturated heterocycles. The summed E-state index contributed by atoms with van der Waals surface area (Å²) in [6.45, 7) is 5.14. The molecule has 1 N–H and O–H groups in total. The third kappa shape index (κ3) is 4.85. The van der Waals surface area contributed by atoms with Gasteiger partial charge in [0, 0.05) is 37.9 Å². The Morgan fingerprint density at radius 3 is 2.24 bits per heavy atom. The normalized spacial score (nSPS) is 12.7. The number of pyridine rings is 1. The van der Waals surface area contributed by atoms with Crippen LogP contribution in [0.3, 0.4) is 0 Å². The number of ketones is 1. The highest BCUT2D eigenvalue weighted by molar-refractivity contribution is 7.80. The van der Waals surface area contributed by atoms with Crippen molar-refractivity contribution in [3.05, 3.63) is 69.4 Å². The molecule has 0 aliphatic heterocycles. The van der Waals surface area contributed by atoms with Crippen molar-refractivity contribution in [2.75, 3.05) is 4.72 Å². The van der Waals surface area contributed by atoms with Gasteiger partial charge >= 0.3 is 0 Å². The Kier molecular flexibility index (Phi) is 6.77. The SMILES string of the molecule is CC(C)(C)C(=O)c1oc2nc(-c3ccc(Cl)cc3Cl)c(-c3ccc(Cl)cc3)cc2c1NS(=O)[O-]. The average molecular weight is 537 g/mol. The van der Waals surface area contributed by atoms with Crippen molar-refractivity contribution >= 4 is 68.6 Å². The van der Waals surface area contributed by atoms with E-state index in [-0.39, 0.29) is 22.9 Å². The third-order valence-electron chi connectivity index (χ3n) is 5.10. The van der Waals surface area contributed by atoms with Crippen molar-refractivity contribution in [1.82, 2.24) is 4.98 Å². The molecular weight excluding hydrogens is 519 g/mol. The number of hydrogen-bond acceptors (Lipinski definition) is 5. The smallest absolute Gasteiger partial charge is 0.229 e. The summed E-state index contributed by atoms with van der Waals surface area (Å²) >= 11 is 15.9. The number of furan rings is 1. The van der Waals surface area contributed by atoms with Crippen LogP contribution in [0.15, 0.2) is 52.9 Å². The number of fused-ring (bicyclic) bond motifs is 1. The molecule has 10 heteroatoms. The molecule has 2 aromatic carbocycles. The van der Waals surface area contributed by atoms with Gasteiger partial charge in [-0.15, -0.1) is 0 Å². The topological polar surface area (TPSA) is 95.3 Å². The molecule has 0 aliphatic carbocycles. The molecule has 0 amide bonds. The van der Waals surface area contributed by atoms with Crippen LogP contribution in [-0.2, 0) is 11.3 Å². The maximum atomic E-state index is 13.1. The van der Waals surface area contributed by atoms with Gasteiger partial charge in [0.25, 0.3) is 0 Å². The Morgan fingerprint density at radius 1 is 1.00 bits per heavy atom. The van der Waals surface area contributed by atoms with E-state index in [0.29, 0.717) is 37.3 Å². The molecule has 34 heavy (non-hydrogen) atoms. The minimum atomic E-state index is -2.70. The van der Waals surface area contributed by atoms with Gasteiger partial charge in [-0.25, -0.2) is 4.98 Å². The lowest BCUT2D eigenvalue weighted by atomic mass is 9.89. The van der Waals surface area contributed by atoms with Gasteiger partial charge in [0.05, 0.1) is 16.1 Å². The molecule has 0 fully saturated rings. The number of nitrogens with zero attached hydrogens (tertiary/aromatic N) is 1. The first-order valence-corrected chi connectivity index (χ1v) is 12.3. The summed E-state index contributed by atoms with van der Waals surface area (Å²) in [4.78, 5) is 17.7. The van der Waals surface area contributed by atoms with Crippen LogP contribution in [-0.4, -0.2) is 19.5 Å². The second-order valence-electron chi connectivity index (χ2n) is 8.59. The predicted octanol–water partition coefficient (Wildman–Crippen LogP) is 7.56. The van der Waals surface area contributed by atoms with Gasteiger partial charge in [0.15, 0.2) is 5.76 Å². The fourth-order valence-corrected chi connectivity index (χ4v) is 4.44. The number of benzene rings is 2. The summed E-state index contributed by atoms with van der Waals surface area (Å²) in [5, 5.41) is 1.71. The minimum absolute atomic E-state index is 0.0275. The van der Waals surface area contributed by atoms with E-state index >= 15 is 0 Å². The van der Waals surface area contributed by atoms with Crippen LogP contribution >= 0.6 is 34.8 Å². The van der Waals surface area contributed by atoms with Crippen molar-refractivity contribution in [1.29, 1.82) is 0 Å². The number of Topliss-reactive ketones (excluding diaryl/α,β-unsaturated/α-hetero) is 1. The summed E-state index contributed by atoms with van der Waals surface area (Å²) in [6, 6.07) is 13.8. The maximum Gasteiger partial charge on any atom is 0.229 e. The summed E-state index contributed by atoms with van der Waals surface area (Å²) < 4.78 is 31.3. The quantitative estimate of drug-likeness (QED) is 0.210. The predicted molar refractivity (Wildman–Crippen MR) is 136 cm³/mol. The van der Waals surface area contributed by atoms with Crippen LogP contribution in [0, 0.1) is 5.41 Å². The van der Waals surface area contributed by atoms with Gasteiger partial charge in [-0.1, -0.05) is 67.7 Å². The molecule has 6 nitrogen and oxygen atoms in total. The number of carbonyl (C=O) groups is 1. The fraction of sp³-hybridized carbons (Fsp3) is 0.167. The number of halogens is 3. The van der Waals surface area contributed by atoms with Crippen LogP contribution in [0.4, 0.5) is 5.69 Å². The van der Waals surface area contributed by atoms with Crippen molar-refractivity contribution in [2.24, 2.45) is 5.41 Å². The van der Waals surface area contributed by atoms with Crippen molar-refractivity contribution < 1.29 is 18.0 Å². The third-order valence-corrected chi connectivity index (χ3v) is 6.27. The Hall–Kier alpha value is -2.42. The van der Waals surface area contributed by atoms with Crippen LogP contribution in [0.2, 0.25) is 15.1 Å². The van der Waals surface area contributed by atoms with Gasteiger partial charge in [0.2, 0.25) is 11.5 Å². The number of rotatable bonds is 5. The second kappa shape index (κ2) is 9.32. The van der Waals surface area contributed by atoms with Crippen LogP contribution in [0.1, 0.15) is 31.3 Å². The van der Waals surface area contributed by atoms with E-state index in [1.807, 2.05) is 0 Å². The Balaban J connectivity index is 2.08. The van der Waals surface area contributed by atoms with Crippen molar-refractivity contribution in [3.8, 4) is 22.4 Å². The first-order chi connectivity index (χ1) is 16.0. The molecule has 4 aromatic rings. The minimum Gasteiger partial charge on any atom is -0.755 e. The van der Waals surface area contributed by atoms with Crippen molar-refractivity contribution in [3.63, 3.8) is 0 Å². The lowest BCUT2D eigenvalue weighted by molar-refractivity contribution is 0.0832. The van der Waals surface area contributed by atoms with Crippen LogP contribution in [0.25, 0.3) is 33.5 Å². The number of hydrogen-bond donors (Lipinski definition) is 1. The van der Waals surface area contributed by atoms with E-state index in [9.17, 15) is 13.6 Å². The summed E-state index contributed by atoms with van der Waals surface area (Å²) in [5.41, 5.74) is 1.71. The van der Waals surface area contributed by atoms with Gasteiger partial charge in [0.1, 0.15) is 5.69 Å². The number of nitrogens with one attached hydrogen (secondary N) is 1. The average Bonchev–Trinajstić information content (AvgIpc) is 3.09. The fourth-order valence-electron chi connectivity index (χ4n) is 3.44. The lowest BCUT2D eigenvalue weighted by Gasteiger charge is -2.16. The van der Waals surface area contributed by atoms with E-state index in [0.717, 1.165) is 5.56 Å². The molecule has 4 rings (SSSR count). The molecule has 2 heterocycles. The van der Waals surface area contributed by atoms with Gasteiger partial charge in [-0.2, -0.15) is 0 Å². The first-order valence-electron chi connectivity index (χ1n) is 10.1. The lowest BCUT2D eigenvalue weighted by Crippen LogP contribution is -2.21. The summed E-state index contributed by atoms with van der Waals surface area (Å²) in [5.74, 6) is -0.502. The summed E-state index contributed by atoms with van der Waals surface area (Å²) in [7, 11) is 0. The molecule has 0 spiro atoms. The second-order valence-corrected chi connectivity index (χ2v) is 10.5. The van der Waals surface area contributed by atoms with E-state index < -0.39 is 16.7 Å². The zero-order chi connectivity index (χ0) is 24.8. The van der Waals surface area contributed by atoms with E-state index in [1.165, 1.54) is 0 Å². The Morgan fingerprint density at radius 2 is 1.65 bits per heavy atom. The largest absolute Gasteiger partial charge is 0.755 e. The highest BCUT2D eigenvalue weighted by Crippen LogP contribution is 2.42.